The number of carbonyl (C=O) groups is 1. The molecule has 3 rings (SSSR count). The first kappa shape index (κ1) is 21.9. The number of amides is 1. The Morgan fingerprint density at radius 2 is 1.87 bits per heavy atom. The van der Waals surface area contributed by atoms with Crippen LogP contribution in [0.5, 0.6) is 0 Å². The Morgan fingerprint density at radius 3 is 2.50 bits per heavy atom. The average molecular weight is 444 g/mol. The largest absolute Gasteiger partial charge is 0.326 e. The van der Waals surface area contributed by atoms with Crippen LogP contribution in [0.1, 0.15) is 32.9 Å². The van der Waals surface area contributed by atoms with Gasteiger partial charge in [0, 0.05) is 29.0 Å². The van der Waals surface area contributed by atoms with E-state index < -0.39 is 0 Å². The lowest BCUT2D eigenvalue weighted by Gasteiger charge is -2.14. The lowest BCUT2D eigenvalue weighted by molar-refractivity contribution is 0.0977. The van der Waals surface area contributed by atoms with Crippen LogP contribution >= 0.6 is 23.2 Å². The molecule has 3 aromatic rings. The van der Waals surface area contributed by atoms with Gasteiger partial charge in [-0.3, -0.25) is 14.8 Å². The predicted molar refractivity (Wildman–Crippen MR) is 123 cm³/mol. The predicted octanol–water partition coefficient (Wildman–Crippen LogP) is 5.05. The van der Waals surface area contributed by atoms with Crippen LogP contribution < -0.4 is 10.6 Å². The molecule has 0 saturated heterocycles. The van der Waals surface area contributed by atoms with Crippen molar-refractivity contribution >= 4 is 40.8 Å². The number of hydrogen-bond donors (Lipinski definition) is 2. The van der Waals surface area contributed by atoms with E-state index in [1.165, 1.54) is 0 Å². The smallest absolute Gasteiger partial charge is 0.259 e. The number of aliphatic imine (C=N–C) groups is 1. The molecule has 0 unspecified atom stereocenters. The van der Waals surface area contributed by atoms with Crippen molar-refractivity contribution in [2.24, 2.45) is 12.0 Å². The number of aryl methyl sites for hydroxylation is 3. The lowest BCUT2D eigenvalue weighted by Crippen LogP contribution is -2.36. The Bertz CT molecular complexity index is 1120. The quantitative estimate of drug-likeness (QED) is 0.437. The van der Waals surface area contributed by atoms with Gasteiger partial charge in [-0.15, -0.1) is 0 Å². The summed E-state index contributed by atoms with van der Waals surface area (Å²) in [7, 11) is 1.89. The first-order valence-electron chi connectivity index (χ1n) is 9.39. The zero-order valence-corrected chi connectivity index (χ0v) is 18.8. The van der Waals surface area contributed by atoms with Gasteiger partial charge >= 0.3 is 0 Å². The number of nitrogens with zero attached hydrogens (tertiary/aromatic N) is 3. The van der Waals surface area contributed by atoms with Crippen LogP contribution in [0.25, 0.3) is 0 Å². The van der Waals surface area contributed by atoms with Crippen LogP contribution in [0.2, 0.25) is 10.0 Å². The Morgan fingerprint density at radius 1 is 1.13 bits per heavy atom. The summed E-state index contributed by atoms with van der Waals surface area (Å²) in [6.45, 7) is 6.22. The van der Waals surface area contributed by atoms with Crippen molar-refractivity contribution in [1.82, 2.24) is 15.1 Å². The molecule has 0 radical (unpaired) electrons. The molecule has 156 valence electrons. The molecule has 30 heavy (non-hydrogen) atoms. The highest BCUT2D eigenvalue weighted by molar-refractivity contribution is 6.34. The van der Waals surface area contributed by atoms with Crippen molar-refractivity contribution < 1.29 is 4.79 Å². The Kier molecular flexibility index (Phi) is 6.80. The van der Waals surface area contributed by atoms with Crippen molar-refractivity contribution in [2.45, 2.75) is 27.3 Å². The summed E-state index contributed by atoms with van der Waals surface area (Å²) in [5.41, 5.74) is 5.02. The van der Waals surface area contributed by atoms with Gasteiger partial charge in [-0.25, -0.2) is 4.99 Å². The molecule has 0 saturated carbocycles. The van der Waals surface area contributed by atoms with Crippen molar-refractivity contribution in [3.8, 4) is 0 Å². The third-order valence-corrected chi connectivity index (χ3v) is 5.41. The normalized spacial score (nSPS) is 11.5. The average Bonchev–Trinajstić information content (AvgIpc) is 2.93. The monoisotopic (exact) mass is 443 g/mol. The number of nitrogens with one attached hydrogen (secondary N) is 2. The molecule has 0 atom stereocenters. The minimum Gasteiger partial charge on any atom is -0.326 e. The minimum atomic E-state index is -0.349. The molecule has 2 aromatic carbocycles. The SMILES string of the molecule is Cc1cc(Cl)ccc1NC(=NCc1c(C)nn(C)c1C)NC(=O)c1ccccc1Cl. The second kappa shape index (κ2) is 9.32. The van der Waals surface area contributed by atoms with Gasteiger partial charge in [0.2, 0.25) is 5.96 Å². The summed E-state index contributed by atoms with van der Waals surface area (Å²) >= 11 is 12.2. The van der Waals surface area contributed by atoms with E-state index in [2.05, 4.69) is 20.7 Å². The summed E-state index contributed by atoms with van der Waals surface area (Å²) in [6.07, 6.45) is 0. The molecule has 0 aliphatic rings. The molecule has 0 aliphatic heterocycles. The second-order valence-electron chi connectivity index (χ2n) is 6.96. The lowest BCUT2D eigenvalue weighted by atomic mass is 10.2. The van der Waals surface area contributed by atoms with Crippen LogP contribution in [0, 0.1) is 20.8 Å². The highest BCUT2D eigenvalue weighted by Crippen LogP contribution is 2.20. The first-order valence-corrected chi connectivity index (χ1v) is 10.1. The maximum absolute atomic E-state index is 12.8. The van der Waals surface area contributed by atoms with Gasteiger partial charge < -0.3 is 5.32 Å². The summed E-state index contributed by atoms with van der Waals surface area (Å²) in [5, 5.41) is 11.5. The van der Waals surface area contributed by atoms with Gasteiger partial charge in [0.25, 0.3) is 5.91 Å². The van der Waals surface area contributed by atoms with E-state index in [4.69, 9.17) is 23.2 Å². The molecule has 6 nitrogen and oxygen atoms in total. The fourth-order valence-corrected chi connectivity index (χ4v) is 3.48. The molecule has 1 heterocycles. The van der Waals surface area contributed by atoms with E-state index in [0.717, 1.165) is 28.2 Å². The van der Waals surface area contributed by atoms with E-state index in [-0.39, 0.29) is 5.91 Å². The summed E-state index contributed by atoms with van der Waals surface area (Å²) in [4.78, 5) is 17.4. The Hall–Kier alpha value is -2.83. The maximum atomic E-state index is 12.8. The van der Waals surface area contributed by atoms with E-state index in [1.54, 1.807) is 30.3 Å². The number of carbonyl (C=O) groups excluding carboxylic acids is 1. The number of anilines is 1. The van der Waals surface area contributed by atoms with Crippen molar-refractivity contribution in [3.63, 3.8) is 0 Å². The maximum Gasteiger partial charge on any atom is 0.259 e. The number of aromatic nitrogens is 2. The molecule has 0 bridgehead atoms. The van der Waals surface area contributed by atoms with E-state index in [1.807, 2.05) is 44.6 Å². The number of hydrogen-bond acceptors (Lipinski definition) is 3. The fraction of sp³-hybridized carbons (Fsp3) is 0.227. The third kappa shape index (κ3) is 5.01. The van der Waals surface area contributed by atoms with E-state index in [9.17, 15) is 4.79 Å². The first-order chi connectivity index (χ1) is 14.3. The van der Waals surface area contributed by atoms with Gasteiger partial charge in [0.05, 0.1) is 22.8 Å². The molecule has 0 spiro atoms. The summed E-state index contributed by atoms with van der Waals surface area (Å²) < 4.78 is 1.82. The standard InChI is InChI=1S/C22H23Cl2N5O/c1-13-11-16(23)9-10-20(13)26-22(25-12-18-14(2)28-29(4)15(18)3)27-21(30)17-7-5-6-8-19(17)24/h5-11H,12H2,1-4H3,(H2,25,26,27,30). The van der Waals surface area contributed by atoms with E-state index in [0.29, 0.717) is 28.1 Å². The molecule has 1 aromatic heterocycles. The highest BCUT2D eigenvalue weighted by atomic mass is 35.5. The molecule has 0 aliphatic carbocycles. The summed E-state index contributed by atoms with van der Waals surface area (Å²) in [6, 6.07) is 12.3. The number of halogens is 2. The van der Waals surface area contributed by atoms with Gasteiger partial charge in [0.15, 0.2) is 0 Å². The van der Waals surface area contributed by atoms with E-state index >= 15 is 0 Å². The number of benzene rings is 2. The van der Waals surface area contributed by atoms with Gasteiger partial charge in [-0.2, -0.15) is 5.10 Å². The number of rotatable bonds is 4. The fourth-order valence-electron chi connectivity index (χ4n) is 3.03. The van der Waals surface area contributed by atoms with Crippen LogP contribution in [-0.2, 0) is 13.6 Å². The molecule has 8 heteroatoms. The zero-order chi connectivity index (χ0) is 21.8. The van der Waals surface area contributed by atoms with Crippen molar-refractivity contribution in [3.05, 3.63) is 80.6 Å². The van der Waals surface area contributed by atoms with Crippen LogP contribution in [0.3, 0.4) is 0 Å². The number of guanidine groups is 1. The Labute approximate surface area is 185 Å². The highest BCUT2D eigenvalue weighted by Gasteiger charge is 2.14. The molecular formula is C22H23Cl2N5O. The van der Waals surface area contributed by atoms with Gasteiger partial charge in [0.1, 0.15) is 0 Å². The van der Waals surface area contributed by atoms with Crippen LogP contribution in [0.4, 0.5) is 5.69 Å². The van der Waals surface area contributed by atoms with Crippen LogP contribution in [-0.4, -0.2) is 21.6 Å². The third-order valence-electron chi connectivity index (χ3n) is 4.85. The molecule has 0 fully saturated rings. The second-order valence-corrected chi connectivity index (χ2v) is 7.80. The zero-order valence-electron chi connectivity index (χ0n) is 17.3. The summed E-state index contributed by atoms with van der Waals surface area (Å²) in [5.74, 6) is -0.0360. The molecule has 1 amide bonds. The minimum absolute atomic E-state index is 0.313. The van der Waals surface area contributed by atoms with Gasteiger partial charge in [-0.1, -0.05) is 35.3 Å². The van der Waals surface area contributed by atoms with Crippen molar-refractivity contribution in [2.75, 3.05) is 5.32 Å². The Balaban J connectivity index is 1.91. The van der Waals surface area contributed by atoms with Crippen LogP contribution in [0.15, 0.2) is 47.5 Å². The topological polar surface area (TPSA) is 71.3 Å². The van der Waals surface area contributed by atoms with Gasteiger partial charge in [-0.05, 0) is 56.7 Å². The molecular weight excluding hydrogens is 421 g/mol. The van der Waals surface area contributed by atoms with Crippen molar-refractivity contribution in [1.29, 1.82) is 0 Å². The molecule has 2 N–H and O–H groups in total.